The summed E-state index contributed by atoms with van der Waals surface area (Å²) in [6, 6.07) is 5.50. The van der Waals surface area contributed by atoms with Gasteiger partial charge >= 0.3 is 7.07 Å². The molecular weight excluding hydrogens is 289 g/mol. The van der Waals surface area contributed by atoms with Crippen LogP contribution >= 0.6 is 19.3 Å². The first kappa shape index (κ1) is 14.3. The molecule has 0 amide bonds. The molecular formula is C11H17NO3PS2+. The highest BCUT2D eigenvalue weighted by Gasteiger charge is 2.42. The maximum absolute atomic E-state index is 11.5. The van der Waals surface area contributed by atoms with E-state index in [-0.39, 0.29) is 0 Å². The summed E-state index contributed by atoms with van der Waals surface area (Å²) < 4.78 is 22.8. The highest BCUT2D eigenvalue weighted by molar-refractivity contribution is 8.48. The molecule has 100 valence electrons. The zero-order valence-electron chi connectivity index (χ0n) is 10.4. The number of aryl methyl sites for hydroxylation is 1. The first-order chi connectivity index (χ1) is 8.50. The first-order valence-corrected chi connectivity index (χ1v) is 9.99. The van der Waals surface area contributed by atoms with Crippen molar-refractivity contribution in [2.24, 2.45) is 0 Å². The molecule has 2 unspecified atom stereocenters. The molecule has 1 aliphatic heterocycles. The summed E-state index contributed by atoms with van der Waals surface area (Å²) in [5.41, 5.74) is 0.949. The van der Waals surface area contributed by atoms with E-state index in [1.165, 1.54) is 0 Å². The second-order valence-electron chi connectivity index (χ2n) is 4.09. The maximum Gasteiger partial charge on any atom is 0.454 e. The van der Waals surface area contributed by atoms with E-state index in [2.05, 4.69) is 17.3 Å². The molecule has 0 spiro atoms. The highest BCUT2D eigenvalue weighted by Crippen LogP contribution is 2.62. The van der Waals surface area contributed by atoms with Crippen LogP contribution in [0.15, 0.2) is 23.1 Å². The van der Waals surface area contributed by atoms with Gasteiger partial charge in [0.1, 0.15) is 0 Å². The Morgan fingerprint density at radius 1 is 1.56 bits per heavy atom. The second-order valence-corrected chi connectivity index (χ2v) is 8.81. The number of thiol groups is 1. The van der Waals surface area contributed by atoms with E-state index in [0.717, 1.165) is 23.4 Å². The van der Waals surface area contributed by atoms with Gasteiger partial charge in [-0.25, -0.2) is 0 Å². The predicted molar refractivity (Wildman–Crippen MR) is 78.6 cm³/mol. The zero-order valence-corrected chi connectivity index (χ0v) is 13.0. The Morgan fingerprint density at radius 2 is 2.33 bits per heavy atom. The van der Waals surface area contributed by atoms with Gasteiger partial charge in [-0.05, 0) is 37.1 Å². The fourth-order valence-corrected chi connectivity index (χ4v) is 4.75. The molecule has 0 bridgehead atoms. The summed E-state index contributed by atoms with van der Waals surface area (Å²) in [5.74, 6) is 0.694. The monoisotopic (exact) mass is 306 g/mol. The van der Waals surface area contributed by atoms with Crippen LogP contribution < -0.4 is 9.61 Å². The molecule has 0 aromatic heterocycles. The van der Waals surface area contributed by atoms with Gasteiger partial charge < -0.3 is 0 Å². The van der Waals surface area contributed by atoms with Gasteiger partial charge in [0, 0.05) is 17.7 Å². The van der Waals surface area contributed by atoms with Crippen molar-refractivity contribution < 1.29 is 13.3 Å². The lowest BCUT2D eigenvalue weighted by molar-refractivity contribution is 0.273. The molecule has 0 aliphatic carbocycles. The van der Waals surface area contributed by atoms with Crippen LogP contribution in [0.3, 0.4) is 0 Å². The zero-order chi connectivity index (χ0) is 13.2. The Morgan fingerprint density at radius 3 is 2.89 bits per heavy atom. The van der Waals surface area contributed by atoms with Crippen LogP contribution in [-0.2, 0) is 15.3 Å². The number of hydrogen-bond acceptors (Lipinski definition) is 5. The van der Waals surface area contributed by atoms with Crippen molar-refractivity contribution in [1.29, 1.82) is 0 Å². The number of rotatable bonds is 3. The van der Waals surface area contributed by atoms with Gasteiger partial charge in [-0.3, -0.25) is 8.73 Å². The van der Waals surface area contributed by atoms with Gasteiger partial charge in [0.15, 0.2) is 5.75 Å². The average Bonchev–Trinajstić information content (AvgIpc) is 2.28. The van der Waals surface area contributed by atoms with E-state index in [1.807, 2.05) is 19.1 Å². The van der Waals surface area contributed by atoms with Gasteiger partial charge in [0.25, 0.3) is 0 Å². The quantitative estimate of drug-likeness (QED) is 0.666. The Bertz CT molecular complexity index is 464. The molecule has 0 radical (unpaired) electrons. The third-order valence-corrected chi connectivity index (χ3v) is 6.29. The summed E-state index contributed by atoms with van der Waals surface area (Å²) >= 11 is 4.46. The minimum Gasteiger partial charge on any atom is -0.287 e. The van der Waals surface area contributed by atoms with E-state index < -0.39 is 17.9 Å². The molecule has 1 N–H and O–H groups in total. The number of benzene rings is 1. The summed E-state index contributed by atoms with van der Waals surface area (Å²) in [5, 5.41) is 3.17. The first-order valence-electron chi connectivity index (χ1n) is 5.65. The molecule has 1 saturated heterocycles. The number of hydrogen-bond donors (Lipinski definition) is 2. The van der Waals surface area contributed by atoms with Crippen LogP contribution in [0.4, 0.5) is 0 Å². The summed E-state index contributed by atoms with van der Waals surface area (Å²) in [6.45, 7) is 3.44. The molecule has 1 aromatic carbocycles. The van der Waals surface area contributed by atoms with E-state index in [0.29, 0.717) is 12.4 Å². The van der Waals surface area contributed by atoms with Crippen LogP contribution in [0.25, 0.3) is 0 Å². The van der Waals surface area contributed by atoms with Crippen molar-refractivity contribution in [2.75, 3.05) is 19.4 Å². The Balaban J connectivity index is 2.14. The van der Waals surface area contributed by atoms with Crippen LogP contribution in [-0.4, -0.2) is 23.6 Å². The minimum atomic E-state index is -2.28. The predicted octanol–water partition coefficient (Wildman–Crippen LogP) is 2.73. The van der Waals surface area contributed by atoms with Crippen molar-refractivity contribution in [3.63, 3.8) is 0 Å². The normalized spacial score (nSPS) is 25.7. The highest BCUT2D eigenvalue weighted by atomic mass is 32.7. The van der Waals surface area contributed by atoms with E-state index in [1.54, 1.807) is 12.3 Å². The largest absolute Gasteiger partial charge is 0.454 e. The topological polar surface area (TPSA) is 47.6 Å². The molecule has 0 saturated carbocycles. The fourth-order valence-electron chi connectivity index (χ4n) is 1.73. The third kappa shape index (κ3) is 3.45. The molecule has 1 aromatic rings. The summed E-state index contributed by atoms with van der Waals surface area (Å²) in [4.78, 5) is 0.825. The molecule has 7 heteroatoms. The van der Waals surface area contributed by atoms with Crippen molar-refractivity contribution in [2.45, 2.75) is 18.2 Å². The van der Waals surface area contributed by atoms with Crippen molar-refractivity contribution in [3.8, 4) is 5.75 Å². The molecule has 2 rings (SSSR count). The SMILES string of the molecule is Cc1cc(O[P+]2(S)NCCCO2)ccc1S(C)=O. The lowest BCUT2D eigenvalue weighted by atomic mass is 10.2. The summed E-state index contributed by atoms with van der Waals surface area (Å²) in [7, 11) is -3.25. The minimum absolute atomic E-state index is 0.667. The second kappa shape index (κ2) is 5.88. The van der Waals surface area contributed by atoms with Crippen molar-refractivity contribution in [3.05, 3.63) is 23.8 Å². The molecule has 18 heavy (non-hydrogen) atoms. The van der Waals surface area contributed by atoms with Gasteiger partial charge in [-0.1, -0.05) is 0 Å². The van der Waals surface area contributed by atoms with E-state index >= 15 is 0 Å². The Labute approximate surface area is 116 Å². The van der Waals surface area contributed by atoms with Crippen molar-refractivity contribution in [1.82, 2.24) is 5.09 Å². The third-order valence-electron chi connectivity index (χ3n) is 2.58. The van der Waals surface area contributed by atoms with Gasteiger partial charge in [0.05, 0.1) is 29.7 Å². The lowest BCUT2D eigenvalue weighted by Crippen LogP contribution is -2.26. The Hall–Kier alpha value is -0.130. The Kier molecular flexibility index (Phi) is 4.67. The van der Waals surface area contributed by atoms with E-state index in [4.69, 9.17) is 9.05 Å². The van der Waals surface area contributed by atoms with Gasteiger partial charge in [0.2, 0.25) is 0 Å². The molecule has 1 fully saturated rings. The van der Waals surface area contributed by atoms with Gasteiger partial charge in [-0.15, -0.1) is 5.09 Å². The van der Waals surface area contributed by atoms with Crippen LogP contribution in [0, 0.1) is 6.92 Å². The summed E-state index contributed by atoms with van der Waals surface area (Å²) in [6.07, 6.45) is 2.64. The fraction of sp³-hybridized carbons (Fsp3) is 0.455. The standard InChI is InChI=1S/C11H17NO3PS2/c1-9-8-10(4-5-11(9)18(2)13)15-16(17)12-6-3-7-14-16/h4-5,8,12,17H,3,6-7H2,1-2H3/q+1. The maximum atomic E-state index is 11.5. The molecule has 4 nitrogen and oxygen atoms in total. The van der Waals surface area contributed by atoms with Crippen LogP contribution in [0.1, 0.15) is 12.0 Å². The van der Waals surface area contributed by atoms with E-state index in [9.17, 15) is 4.21 Å². The van der Waals surface area contributed by atoms with Crippen molar-refractivity contribution >= 4 is 30.1 Å². The lowest BCUT2D eigenvalue weighted by Gasteiger charge is -2.22. The molecule has 1 heterocycles. The van der Waals surface area contributed by atoms with Crippen LogP contribution in [0.2, 0.25) is 0 Å². The average molecular weight is 306 g/mol. The smallest absolute Gasteiger partial charge is 0.287 e. The molecule has 1 aliphatic rings. The number of nitrogens with one attached hydrogen (secondary N) is 1. The van der Waals surface area contributed by atoms with Gasteiger partial charge in [-0.2, -0.15) is 4.52 Å². The molecule has 2 atom stereocenters. The van der Waals surface area contributed by atoms with Crippen LogP contribution in [0.5, 0.6) is 5.75 Å².